The molecule has 24 heavy (non-hydrogen) atoms. The van der Waals surface area contributed by atoms with Crippen LogP contribution in [0.3, 0.4) is 0 Å². The summed E-state index contributed by atoms with van der Waals surface area (Å²) in [4.78, 5) is 16.7. The molecule has 4 nitrogen and oxygen atoms in total. The van der Waals surface area contributed by atoms with E-state index in [0.717, 1.165) is 22.6 Å². The van der Waals surface area contributed by atoms with Crippen molar-refractivity contribution < 1.29 is 9.21 Å². The number of nitrogens with zero attached hydrogens (tertiary/aromatic N) is 1. The van der Waals surface area contributed by atoms with E-state index < -0.39 is 0 Å². The molecule has 0 radical (unpaired) electrons. The minimum absolute atomic E-state index is 0.0861. The lowest BCUT2D eigenvalue weighted by Crippen LogP contribution is -2.14. The smallest absolute Gasteiger partial charge is 0.224 e. The van der Waals surface area contributed by atoms with Gasteiger partial charge in [-0.1, -0.05) is 38.4 Å². The lowest BCUT2D eigenvalue weighted by atomic mass is 9.97. The van der Waals surface area contributed by atoms with Gasteiger partial charge in [0.2, 0.25) is 5.91 Å². The number of hydrogen-bond donors (Lipinski definition) is 1. The van der Waals surface area contributed by atoms with Crippen LogP contribution in [-0.4, -0.2) is 10.9 Å². The first-order valence-electron chi connectivity index (χ1n) is 8.11. The second kappa shape index (κ2) is 6.98. The number of amides is 1. The molecular weight excluding hydrogens is 324 g/mol. The highest BCUT2D eigenvalue weighted by atomic mass is 35.5. The van der Waals surface area contributed by atoms with Gasteiger partial charge in [0.1, 0.15) is 5.76 Å². The van der Waals surface area contributed by atoms with E-state index in [1.54, 1.807) is 0 Å². The zero-order chi connectivity index (χ0) is 18.1. The topological polar surface area (TPSA) is 55.1 Å². The van der Waals surface area contributed by atoms with Gasteiger partial charge in [0.25, 0.3) is 0 Å². The Morgan fingerprint density at radius 3 is 2.46 bits per heavy atom. The molecule has 0 saturated carbocycles. The summed E-state index contributed by atoms with van der Waals surface area (Å²) in [7, 11) is 0. The van der Waals surface area contributed by atoms with Crippen LogP contribution in [0.25, 0.3) is 0 Å². The number of benzene rings is 1. The standard InChI is InChI=1S/C19H25ClN2O2/c1-11-9-12(2)17(14(20)10-11)22-16(23)8-7-15-13(3)21-18(24-15)19(4,5)6/h9-10H,7-8H2,1-6H3,(H,22,23). The van der Waals surface area contributed by atoms with E-state index in [9.17, 15) is 4.79 Å². The van der Waals surface area contributed by atoms with Crippen LogP contribution in [0.5, 0.6) is 0 Å². The van der Waals surface area contributed by atoms with Gasteiger partial charge in [0.05, 0.1) is 16.4 Å². The van der Waals surface area contributed by atoms with Gasteiger partial charge in [-0.05, 0) is 38.0 Å². The molecule has 1 aromatic carbocycles. The number of anilines is 1. The lowest BCUT2D eigenvalue weighted by molar-refractivity contribution is -0.116. The molecule has 2 aromatic rings. The van der Waals surface area contributed by atoms with Gasteiger partial charge in [-0.3, -0.25) is 4.79 Å². The normalized spacial score (nSPS) is 11.6. The van der Waals surface area contributed by atoms with Crippen LogP contribution >= 0.6 is 11.6 Å². The molecule has 0 bridgehead atoms. The average molecular weight is 349 g/mol. The highest BCUT2D eigenvalue weighted by Crippen LogP contribution is 2.28. The van der Waals surface area contributed by atoms with Gasteiger partial charge in [-0.15, -0.1) is 0 Å². The fourth-order valence-electron chi connectivity index (χ4n) is 2.48. The first-order chi connectivity index (χ1) is 11.1. The third-order valence-electron chi connectivity index (χ3n) is 3.81. The maximum Gasteiger partial charge on any atom is 0.224 e. The number of hydrogen-bond acceptors (Lipinski definition) is 3. The molecule has 0 aliphatic heterocycles. The summed E-state index contributed by atoms with van der Waals surface area (Å²) in [6.45, 7) is 12.0. The summed E-state index contributed by atoms with van der Waals surface area (Å²) in [6, 6.07) is 3.85. The summed E-state index contributed by atoms with van der Waals surface area (Å²) in [5.41, 5.74) is 3.41. The van der Waals surface area contributed by atoms with Crippen molar-refractivity contribution in [3.63, 3.8) is 0 Å². The highest BCUT2D eigenvalue weighted by molar-refractivity contribution is 6.34. The maximum atomic E-state index is 12.3. The predicted octanol–water partition coefficient (Wildman–Crippen LogP) is 5.12. The van der Waals surface area contributed by atoms with Crippen LogP contribution in [0.2, 0.25) is 5.02 Å². The summed E-state index contributed by atoms with van der Waals surface area (Å²) < 4.78 is 5.83. The van der Waals surface area contributed by atoms with E-state index in [4.69, 9.17) is 16.0 Å². The van der Waals surface area contributed by atoms with Gasteiger partial charge < -0.3 is 9.73 Å². The molecule has 0 saturated heterocycles. The van der Waals surface area contributed by atoms with E-state index in [1.165, 1.54) is 0 Å². The second-order valence-corrected chi connectivity index (χ2v) is 7.67. The Morgan fingerprint density at radius 2 is 1.92 bits per heavy atom. The average Bonchev–Trinajstić information content (AvgIpc) is 2.82. The minimum Gasteiger partial charge on any atom is -0.445 e. The van der Waals surface area contributed by atoms with Crippen molar-refractivity contribution in [3.8, 4) is 0 Å². The van der Waals surface area contributed by atoms with E-state index in [0.29, 0.717) is 29.4 Å². The van der Waals surface area contributed by atoms with Crippen molar-refractivity contribution in [3.05, 3.63) is 45.6 Å². The zero-order valence-electron chi connectivity index (χ0n) is 15.2. The Bertz CT molecular complexity index is 734. The minimum atomic E-state index is -0.141. The highest BCUT2D eigenvalue weighted by Gasteiger charge is 2.22. The quantitative estimate of drug-likeness (QED) is 0.834. The van der Waals surface area contributed by atoms with Crippen LogP contribution in [-0.2, 0) is 16.6 Å². The zero-order valence-corrected chi connectivity index (χ0v) is 16.0. The molecular formula is C19H25ClN2O2. The van der Waals surface area contributed by atoms with Crippen LogP contribution in [0.4, 0.5) is 5.69 Å². The number of halogens is 1. The molecule has 1 amide bonds. The third kappa shape index (κ3) is 4.38. The number of aryl methyl sites for hydroxylation is 4. The van der Waals surface area contributed by atoms with Gasteiger partial charge >= 0.3 is 0 Å². The maximum absolute atomic E-state index is 12.3. The molecule has 0 aliphatic rings. The van der Waals surface area contributed by atoms with Crippen molar-refractivity contribution in [2.24, 2.45) is 0 Å². The van der Waals surface area contributed by atoms with Crippen molar-refractivity contribution in [2.75, 3.05) is 5.32 Å². The van der Waals surface area contributed by atoms with Gasteiger partial charge in [0, 0.05) is 18.3 Å². The van der Waals surface area contributed by atoms with E-state index in [2.05, 4.69) is 31.1 Å². The Morgan fingerprint density at radius 1 is 1.25 bits per heavy atom. The van der Waals surface area contributed by atoms with Crippen molar-refractivity contribution >= 4 is 23.2 Å². The second-order valence-electron chi connectivity index (χ2n) is 7.26. The van der Waals surface area contributed by atoms with Gasteiger partial charge in [-0.2, -0.15) is 0 Å². The molecule has 0 atom stereocenters. The first-order valence-corrected chi connectivity index (χ1v) is 8.49. The summed E-state index contributed by atoms with van der Waals surface area (Å²) >= 11 is 6.23. The van der Waals surface area contributed by atoms with Crippen molar-refractivity contribution in [1.82, 2.24) is 4.98 Å². The number of aromatic nitrogens is 1. The molecule has 1 heterocycles. The van der Waals surface area contributed by atoms with Crippen LogP contribution in [0.1, 0.15) is 55.7 Å². The number of carbonyl (C=O) groups excluding carboxylic acids is 1. The predicted molar refractivity (Wildman–Crippen MR) is 97.8 cm³/mol. The first kappa shape index (κ1) is 18.5. The number of oxazole rings is 1. The molecule has 1 aromatic heterocycles. The number of carbonyl (C=O) groups is 1. The van der Waals surface area contributed by atoms with Crippen molar-refractivity contribution in [2.45, 2.75) is 59.8 Å². The monoisotopic (exact) mass is 348 g/mol. The van der Waals surface area contributed by atoms with Crippen LogP contribution < -0.4 is 5.32 Å². The van der Waals surface area contributed by atoms with E-state index in [-0.39, 0.29) is 11.3 Å². The fraction of sp³-hybridized carbons (Fsp3) is 0.474. The molecule has 0 aliphatic carbocycles. The Hall–Kier alpha value is -1.81. The van der Waals surface area contributed by atoms with Crippen LogP contribution in [0, 0.1) is 20.8 Å². The third-order valence-corrected chi connectivity index (χ3v) is 4.11. The molecule has 0 fully saturated rings. The molecule has 2 rings (SSSR count). The molecule has 1 N–H and O–H groups in total. The summed E-state index contributed by atoms with van der Waals surface area (Å²) in [5, 5.41) is 3.46. The van der Waals surface area contributed by atoms with Crippen LogP contribution in [0.15, 0.2) is 16.5 Å². The Kier molecular flexibility index (Phi) is 5.38. The van der Waals surface area contributed by atoms with E-state index >= 15 is 0 Å². The fourth-order valence-corrected chi connectivity index (χ4v) is 2.85. The Labute approximate surface area is 148 Å². The summed E-state index contributed by atoms with van der Waals surface area (Å²) in [6.07, 6.45) is 0.840. The van der Waals surface area contributed by atoms with E-state index in [1.807, 2.05) is 32.9 Å². The molecule has 5 heteroatoms. The summed E-state index contributed by atoms with van der Waals surface area (Å²) in [5.74, 6) is 1.38. The number of nitrogens with one attached hydrogen (secondary N) is 1. The Balaban J connectivity index is 2.03. The lowest BCUT2D eigenvalue weighted by Gasteiger charge is -2.12. The SMILES string of the molecule is Cc1cc(C)c(NC(=O)CCc2oc(C(C)(C)C)nc2C)c(Cl)c1. The molecule has 0 unspecified atom stereocenters. The molecule has 0 spiro atoms. The van der Waals surface area contributed by atoms with Gasteiger partial charge in [0.15, 0.2) is 5.89 Å². The van der Waals surface area contributed by atoms with Gasteiger partial charge in [-0.25, -0.2) is 4.98 Å². The van der Waals surface area contributed by atoms with Crippen molar-refractivity contribution in [1.29, 1.82) is 0 Å². The number of rotatable bonds is 4. The largest absolute Gasteiger partial charge is 0.445 e. The molecule has 130 valence electrons.